The number of rotatable bonds is 4. The van der Waals surface area contributed by atoms with E-state index >= 15 is 0 Å². The van der Waals surface area contributed by atoms with Crippen LogP contribution in [0.1, 0.15) is 29.5 Å². The second kappa shape index (κ2) is 5.61. The van der Waals surface area contributed by atoms with Gasteiger partial charge in [0.15, 0.2) is 0 Å². The first-order chi connectivity index (χ1) is 9.01. The van der Waals surface area contributed by atoms with Gasteiger partial charge in [-0.1, -0.05) is 12.1 Å². The summed E-state index contributed by atoms with van der Waals surface area (Å²) in [6.07, 6.45) is 1.62. The summed E-state index contributed by atoms with van der Waals surface area (Å²) in [5, 5.41) is 2.98. The Morgan fingerprint density at radius 3 is 2.42 bits per heavy atom. The SMILES string of the molecule is COc1c(C)cc(CNC(=O)C2CC(N)C2)cc1C. The Kier molecular flexibility index (Phi) is 4.10. The van der Waals surface area contributed by atoms with Gasteiger partial charge in [0.1, 0.15) is 5.75 Å². The fraction of sp³-hybridized carbons (Fsp3) is 0.533. The molecule has 0 aliphatic heterocycles. The van der Waals surface area contributed by atoms with E-state index < -0.39 is 0 Å². The van der Waals surface area contributed by atoms with Gasteiger partial charge in [-0.25, -0.2) is 0 Å². The third-order valence-corrected chi connectivity index (χ3v) is 3.74. The zero-order valence-corrected chi connectivity index (χ0v) is 11.8. The second-order valence-corrected chi connectivity index (χ2v) is 5.41. The van der Waals surface area contributed by atoms with Gasteiger partial charge in [-0.15, -0.1) is 0 Å². The van der Waals surface area contributed by atoms with Gasteiger partial charge in [-0.2, -0.15) is 0 Å². The number of aryl methyl sites for hydroxylation is 2. The molecule has 0 unspecified atom stereocenters. The smallest absolute Gasteiger partial charge is 0.223 e. The number of ether oxygens (including phenoxy) is 1. The van der Waals surface area contributed by atoms with Crippen LogP contribution in [0.5, 0.6) is 5.75 Å². The molecule has 1 amide bonds. The van der Waals surface area contributed by atoms with Crippen molar-refractivity contribution in [1.82, 2.24) is 5.32 Å². The van der Waals surface area contributed by atoms with Crippen LogP contribution in [0.25, 0.3) is 0 Å². The Morgan fingerprint density at radius 2 is 1.95 bits per heavy atom. The molecule has 3 N–H and O–H groups in total. The molecule has 4 nitrogen and oxygen atoms in total. The Balaban J connectivity index is 1.94. The molecule has 2 rings (SSSR count). The normalized spacial score (nSPS) is 21.7. The lowest BCUT2D eigenvalue weighted by Crippen LogP contribution is -2.44. The van der Waals surface area contributed by atoms with Crippen molar-refractivity contribution in [3.8, 4) is 5.75 Å². The molecule has 0 bridgehead atoms. The number of nitrogens with one attached hydrogen (secondary N) is 1. The summed E-state index contributed by atoms with van der Waals surface area (Å²) in [5.74, 6) is 1.14. The highest BCUT2D eigenvalue weighted by molar-refractivity contribution is 5.79. The van der Waals surface area contributed by atoms with Crippen LogP contribution in [0.4, 0.5) is 0 Å². The van der Waals surface area contributed by atoms with Gasteiger partial charge in [0.05, 0.1) is 7.11 Å². The fourth-order valence-corrected chi connectivity index (χ4v) is 2.67. The lowest BCUT2D eigenvalue weighted by molar-refractivity contribution is -0.128. The van der Waals surface area contributed by atoms with Crippen molar-refractivity contribution in [3.63, 3.8) is 0 Å². The van der Waals surface area contributed by atoms with Crippen molar-refractivity contribution < 1.29 is 9.53 Å². The molecule has 1 aliphatic carbocycles. The predicted octanol–water partition coefficient (Wildman–Crippen LogP) is 1.67. The van der Waals surface area contributed by atoms with Gasteiger partial charge in [0.2, 0.25) is 5.91 Å². The van der Waals surface area contributed by atoms with Crippen molar-refractivity contribution >= 4 is 5.91 Å². The minimum atomic E-state index is 0.107. The highest BCUT2D eigenvalue weighted by Gasteiger charge is 2.31. The maximum Gasteiger partial charge on any atom is 0.223 e. The zero-order valence-electron chi connectivity index (χ0n) is 11.8. The van der Waals surface area contributed by atoms with Crippen LogP contribution in [-0.2, 0) is 11.3 Å². The number of methoxy groups -OCH3 is 1. The molecule has 4 heteroatoms. The molecule has 0 aromatic heterocycles. The molecule has 0 saturated heterocycles. The van der Waals surface area contributed by atoms with Crippen LogP contribution < -0.4 is 15.8 Å². The third-order valence-electron chi connectivity index (χ3n) is 3.74. The summed E-state index contributed by atoms with van der Waals surface area (Å²) in [5.41, 5.74) is 8.99. The minimum Gasteiger partial charge on any atom is -0.496 e. The number of hydrogen-bond donors (Lipinski definition) is 2. The fourth-order valence-electron chi connectivity index (χ4n) is 2.67. The molecule has 19 heavy (non-hydrogen) atoms. The van der Waals surface area contributed by atoms with Crippen molar-refractivity contribution in [3.05, 3.63) is 28.8 Å². The van der Waals surface area contributed by atoms with Crippen LogP contribution in [0, 0.1) is 19.8 Å². The van der Waals surface area contributed by atoms with Gasteiger partial charge in [-0.3, -0.25) is 4.79 Å². The summed E-state index contributed by atoms with van der Waals surface area (Å²) in [6.45, 7) is 4.60. The van der Waals surface area contributed by atoms with Crippen LogP contribution in [-0.4, -0.2) is 19.1 Å². The average Bonchev–Trinajstić information content (AvgIpc) is 2.32. The second-order valence-electron chi connectivity index (χ2n) is 5.41. The van der Waals surface area contributed by atoms with Crippen LogP contribution >= 0.6 is 0 Å². The molecule has 1 fully saturated rings. The van der Waals surface area contributed by atoms with Crippen molar-refractivity contribution in [1.29, 1.82) is 0 Å². The lowest BCUT2D eigenvalue weighted by atomic mass is 9.80. The van der Waals surface area contributed by atoms with Gasteiger partial charge in [0, 0.05) is 18.5 Å². The van der Waals surface area contributed by atoms with E-state index in [1.807, 2.05) is 13.8 Å². The van der Waals surface area contributed by atoms with Gasteiger partial charge >= 0.3 is 0 Å². The highest BCUT2D eigenvalue weighted by atomic mass is 16.5. The van der Waals surface area contributed by atoms with Crippen molar-refractivity contribution in [2.24, 2.45) is 11.7 Å². The van der Waals surface area contributed by atoms with Crippen LogP contribution in [0.3, 0.4) is 0 Å². The third kappa shape index (κ3) is 3.07. The first kappa shape index (κ1) is 13.9. The van der Waals surface area contributed by atoms with E-state index in [0.717, 1.165) is 35.3 Å². The first-order valence-electron chi connectivity index (χ1n) is 6.68. The molecular formula is C15H22N2O2. The number of benzene rings is 1. The van der Waals surface area contributed by atoms with Gasteiger partial charge in [0.25, 0.3) is 0 Å². The molecule has 1 aromatic rings. The largest absolute Gasteiger partial charge is 0.496 e. The Morgan fingerprint density at radius 1 is 1.37 bits per heavy atom. The zero-order chi connectivity index (χ0) is 14.0. The Bertz CT molecular complexity index is 456. The first-order valence-corrected chi connectivity index (χ1v) is 6.68. The number of carbonyl (C=O) groups is 1. The summed E-state index contributed by atoms with van der Waals surface area (Å²) in [4.78, 5) is 11.8. The molecule has 1 aliphatic rings. The van der Waals surface area contributed by atoms with E-state index in [4.69, 9.17) is 10.5 Å². The topological polar surface area (TPSA) is 64.3 Å². The maximum absolute atomic E-state index is 11.8. The molecule has 0 radical (unpaired) electrons. The molecule has 1 aromatic carbocycles. The average molecular weight is 262 g/mol. The van der Waals surface area contributed by atoms with Crippen molar-refractivity contribution in [2.45, 2.75) is 39.3 Å². The minimum absolute atomic E-state index is 0.107. The van der Waals surface area contributed by atoms with Crippen LogP contribution in [0.2, 0.25) is 0 Å². The predicted molar refractivity (Wildman–Crippen MR) is 75.0 cm³/mol. The monoisotopic (exact) mass is 262 g/mol. The molecule has 1 saturated carbocycles. The number of amides is 1. The van der Waals surface area contributed by atoms with E-state index in [-0.39, 0.29) is 17.9 Å². The summed E-state index contributed by atoms with van der Waals surface area (Å²) in [7, 11) is 1.68. The Hall–Kier alpha value is -1.55. The molecular weight excluding hydrogens is 240 g/mol. The highest BCUT2D eigenvalue weighted by Crippen LogP contribution is 2.26. The lowest BCUT2D eigenvalue weighted by Gasteiger charge is -2.31. The van der Waals surface area contributed by atoms with E-state index in [0.29, 0.717) is 6.54 Å². The standard InChI is InChI=1S/C15H22N2O2/c1-9-4-11(5-10(2)14(9)19-3)8-17-15(18)12-6-13(16)7-12/h4-5,12-13H,6-8,16H2,1-3H3,(H,17,18). The molecule has 104 valence electrons. The summed E-state index contributed by atoms with van der Waals surface area (Å²) >= 11 is 0. The van der Waals surface area contributed by atoms with E-state index in [1.54, 1.807) is 7.11 Å². The Labute approximate surface area is 114 Å². The summed E-state index contributed by atoms with van der Waals surface area (Å²) < 4.78 is 5.33. The number of carbonyl (C=O) groups excluding carboxylic acids is 1. The quantitative estimate of drug-likeness (QED) is 0.867. The maximum atomic E-state index is 11.8. The van der Waals surface area contributed by atoms with E-state index in [2.05, 4.69) is 17.4 Å². The van der Waals surface area contributed by atoms with E-state index in [1.165, 1.54) is 0 Å². The molecule has 0 heterocycles. The number of hydrogen-bond acceptors (Lipinski definition) is 3. The van der Waals surface area contributed by atoms with Crippen molar-refractivity contribution in [2.75, 3.05) is 7.11 Å². The van der Waals surface area contributed by atoms with E-state index in [9.17, 15) is 4.79 Å². The van der Waals surface area contributed by atoms with Gasteiger partial charge < -0.3 is 15.8 Å². The van der Waals surface area contributed by atoms with Gasteiger partial charge in [-0.05, 0) is 43.4 Å². The molecule has 0 atom stereocenters. The number of nitrogens with two attached hydrogens (primary N) is 1. The van der Waals surface area contributed by atoms with Crippen LogP contribution in [0.15, 0.2) is 12.1 Å². The summed E-state index contributed by atoms with van der Waals surface area (Å²) in [6, 6.07) is 4.32. The molecule has 0 spiro atoms.